The van der Waals surface area contributed by atoms with Crippen molar-refractivity contribution in [3.05, 3.63) is 48.4 Å². The molecule has 1 fully saturated rings. The summed E-state index contributed by atoms with van der Waals surface area (Å²) in [6.07, 6.45) is 3.09. The Kier molecular flexibility index (Phi) is 5.36. The summed E-state index contributed by atoms with van der Waals surface area (Å²) < 4.78 is 25.6. The lowest BCUT2D eigenvalue weighted by molar-refractivity contribution is 0.0350. The number of carbonyl (C=O) groups excluding carboxylic acids is 1. The number of hydrogen-bond acceptors (Lipinski definition) is 3. The maximum atomic E-state index is 12.9. The molecule has 132 valence electrons. The summed E-state index contributed by atoms with van der Waals surface area (Å²) in [5, 5.41) is 0. The molecule has 0 aliphatic heterocycles. The van der Waals surface area contributed by atoms with Crippen molar-refractivity contribution in [2.24, 2.45) is 5.92 Å². The highest BCUT2D eigenvalue weighted by Crippen LogP contribution is 2.32. The predicted octanol–water partition coefficient (Wildman–Crippen LogP) is 4.04. The van der Waals surface area contributed by atoms with Gasteiger partial charge in [-0.1, -0.05) is 6.07 Å². The molecule has 25 heavy (non-hydrogen) atoms. The van der Waals surface area contributed by atoms with Crippen molar-refractivity contribution < 1.29 is 13.6 Å². The monoisotopic (exact) mass is 345 g/mol. The number of pyridine rings is 2. The van der Waals surface area contributed by atoms with E-state index in [1.165, 1.54) is 0 Å². The third-order valence-electron chi connectivity index (χ3n) is 4.92. The molecule has 2 heterocycles. The SMILES string of the molecule is CN(C(=O)c1ncccc1-c1ccccn1)C1CCC(C(F)F)CC1. The van der Waals surface area contributed by atoms with Gasteiger partial charge in [0.05, 0.1) is 5.69 Å². The van der Waals surface area contributed by atoms with E-state index in [1.807, 2.05) is 24.3 Å². The number of halogens is 2. The zero-order chi connectivity index (χ0) is 17.8. The second kappa shape index (κ2) is 7.68. The van der Waals surface area contributed by atoms with Crippen molar-refractivity contribution in [1.29, 1.82) is 0 Å². The van der Waals surface area contributed by atoms with Gasteiger partial charge in [-0.25, -0.2) is 8.78 Å². The van der Waals surface area contributed by atoms with Crippen molar-refractivity contribution in [3.8, 4) is 11.3 Å². The maximum absolute atomic E-state index is 12.9. The van der Waals surface area contributed by atoms with E-state index in [2.05, 4.69) is 9.97 Å². The van der Waals surface area contributed by atoms with E-state index in [0.29, 0.717) is 42.6 Å². The number of alkyl halides is 2. The second-order valence-electron chi connectivity index (χ2n) is 6.43. The topological polar surface area (TPSA) is 46.1 Å². The predicted molar refractivity (Wildman–Crippen MR) is 91.3 cm³/mol. The Bertz CT molecular complexity index is 716. The molecule has 0 aromatic carbocycles. The molecular weight excluding hydrogens is 324 g/mol. The fraction of sp³-hybridized carbons (Fsp3) is 0.421. The Labute approximate surface area is 145 Å². The summed E-state index contributed by atoms with van der Waals surface area (Å²) in [6, 6.07) is 9.08. The van der Waals surface area contributed by atoms with Gasteiger partial charge in [0.25, 0.3) is 5.91 Å². The first-order valence-corrected chi connectivity index (χ1v) is 8.49. The van der Waals surface area contributed by atoms with Crippen molar-refractivity contribution in [2.45, 2.75) is 38.2 Å². The molecule has 0 radical (unpaired) electrons. The highest BCUT2D eigenvalue weighted by molar-refractivity contribution is 5.98. The van der Waals surface area contributed by atoms with E-state index >= 15 is 0 Å². The Balaban J connectivity index is 1.78. The van der Waals surface area contributed by atoms with E-state index < -0.39 is 12.3 Å². The zero-order valence-electron chi connectivity index (χ0n) is 14.1. The quantitative estimate of drug-likeness (QED) is 0.840. The Morgan fingerprint density at radius 3 is 2.44 bits per heavy atom. The van der Waals surface area contributed by atoms with E-state index in [9.17, 15) is 13.6 Å². The van der Waals surface area contributed by atoms with Gasteiger partial charge in [0.1, 0.15) is 5.69 Å². The normalized spacial score (nSPS) is 20.5. The van der Waals surface area contributed by atoms with Gasteiger partial charge < -0.3 is 4.90 Å². The molecule has 0 bridgehead atoms. The fourth-order valence-corrected chi connectivity index (χ4v) is 3.38. The standard InChI is InChI=1S/C19H21F2N3O/c1-24(14-9-7-13(8-10-14)18(20)21)19(25)17-15(5-4-12-23-17)16-6-2-3-11-22-16/h2-6,11-14,18H,7-10H2,1H3. The lowest BCUT2D eigenvalue weighted by Gasteiger charge is -2.34. The van der Waals surface area contributed by atoms with Crippen LogP contribution in [0.5, 0.6) is 0 Å². The molecule has 0 unspecified atom stereocenters. The fourth-order valence-electron chi connectivity index (χ4n) is 3.38. The van der Waals surface area contributed by atoms with E-state index in [1.54, 1.807) is 30.4 Å². The minimum absolute atomic E-state index is 0.0268. The molecule has 2 aromatic rings. The Hall–Kier alpha value is -2.37. The molecular formula is C19H21F2N3O. The lowest BCUT2D eigenvalue weighted by atomic mass is 9.85. The highest BCUT2D eigenvalue weighted by Gasteiger charge is 2.32. The molecule has 0 N–H and O–H groups in total. The maximum Gasteiger partial charge on any atom is 0.273 e. The number of hydrogen-bond donors (Lipinski definition) is 0. The summed E-state index contributed by atoms with van der Waals surface area (Å²) in [5.41, 5.74) is 1.72. The molecule has 2 aromatic heterocycles. The average Bonchev–Trinajstić information content (AvgIpc) is 2.67. The Morgan fingerprint density at radius 1 is 1.08 bits per heavy atom. The first-order valence-electron chi connectivity index (χ1n) is 8.49. The van der Waals surface area contributed by atoms with Crippen LogP contribution < -0.4 is 0 Å². The first kappa shape index (κ1) is 17.5. The van der Waals surface area contributed by atoms with Crippen LogP contribution in [0, 0.1) is 5.92 Å². The molecule has 0 atom stereocenters. The number of carbonyl (C=O) groups is 1. The third kappa shape index (κ3) is 3.83. The van der Waals surface area contributed by atoms with Gasteiger partial charge in [0, 0.05) is 37.0 Å². The van der Waals surface area contributed by atoms with Crippen LogP contribution in [0.2, 0.25) is 0 Å². The molecule has 3 rings (SSSR count). The van der Waals surface area contributed by atoms with Crippen LogP contribution in [0.3, 0.4) is 0 Å². The summed E-state index contributed by atoms with van der Waals surface area (Å²) >= 11 is 0. The number of nitrogens with zero attached hydrogens (tertiary/aromatic N) is 3. The van der Waals surface area contributed by atoms with Crippen LogP contribution in [0.1, 0.15) is 36.2 Å². The largest absolute Gasteiger partial charge is 0.337 e. The van der Waals surface area contributed by atoms with E-state index in [4.69, 9.17) is 0 Å². The molecule has 0 spiro atoms. The minimum Gasteiger partial charge on any atom is -0.337 e. The summed E-state index contributed by atoms with van der Waals surface area (Å²) in [6.45, 7) is 0. The summed E-state index contributed by atoms with van der Waals surface area (Å²) in [5.74, 6) is -0.736. The summed E-state index contributed by atoms with van der Waals surface area (Å²) in [7, 11) is 1.73. The zero-order valence-corrected chi connectivity index (χ0v) is 14.1. The van der Waals surface area contributed by atoms with E-state index in [0.717, 1.165) is 0 Å². The van der Waals surface area contributed by atoms with Gasteiger partial charge in [-0.15, -0.1) is 0 Å². The molecule has 1 saturated carbocycles. The molecule has 6 heteroatoms. The van der Waals surface area contributed by atoms with Crippen LogP contribution in [-0.4, -0.2) is 40.3 Å². The number of rotatable bonds is 4. The van der Waals surface area contributed by atoms with E-state index in [-0.39, 0.29) is 11.9 Å². The first-order chi connectivity index (χ1) is 12.1. The van der Waals surface area contributed by atoms with Gasteiger partial charge in [-0.05, 0) is 49.9 Å². The molecule has 1 amide bonds. The average molecular weight is 345 g/mol. The van der Waals surface area contributed by atoms with Crippen LogP contribution in [-0.2, 0) is 0 Å². The van der Waals surface area contributed by atoms with Crippen molar-refractivity contribution in [1.82, 2.24) is 14.9 Å². The molecule has 4 nitrogen and oxygen atoms in total. The number of amides is 1. The molecule has 0 saturated heterocycles. The van der Waals surface area contributed by atoms with Crippen LogP contribution >= 0.6 is 0 Å². The molecule has 1 aliphatic rings. The van der Waals surface area contributed by atoms with Crippen LogP contribution in [0.15, 0.2) is 42.7 Å². The van der Waals surface area contributed by atoms with Gasteiger partial charge in [-0.2, -0.15) is 0 Å². The highest BCUT2D eigenvalue weighted by atomic mass is 19.3. The summed E-state index contributed by atoms with van der Waals surface area (Å²) in [4.78, 5) is 23.2. The third-order valence-corrected chi connectivity index (χ3v) is 4.92. The smallest absolute Gasteiger partial charge is 0.273 e. The molecule has 1 aliphatic carbocycles. The Morgan fingerprint density at radius 2 is 1.80 bits per heavy atom. The number of aromatic nitrogens is 2. The van der Waals surface area contributed by atoms with Crippen LogP contribution in [0.4, 0.5) is 8.78 Å². The van der Waals surface area contributed by atoms with Crippen molar-refractivity contribution >= 4 is 5.91 Å². The van der Waals surface area contributed by atoms with Crippen molar-refractivity contribution in [3.63, 3.8) is 0 Å². The lowest BCUT2D eigenvalue weighted by Crippen LogP contribution is -2.40. The van der Waals surface area contributed by atoms with Gasteiger partial charge in [0.15, 0.2) is 0 Å². The van der Waals surface area contributed by atoms with Gasteiger partial charge in [0.2, 0.25) is 6.43 Å². The van der Waals surface area contributed by atoms with Gasteiger partial charge in [-0.3, -0.25) is 14.8 Å². The second-order valence-corrected chi connectivity index (χ2v) is 6.43. The minimum atomic E-state index is -2.27. The van der Waals surface area contributed by atoms with Crippen LogP contribution in [0.25, 0.3) is 11.3 Å². The van der Waals surface area contributed by atoms with Gasteiger partial charge >= 0.3 is 0 Å². The van der Waals surface area contributed by atoms with Crippen molar-refractivity contribution in [2.75, 3.05) is 7.05 Å².